The zero-order valence-electron chi connectivity index (χ0n) is 13.8. The van der Waals surface area contributed by atoms with Crippen LogP contribution in [0.5, 0.6) is 5.88 Å². The van der Waals surface area contributed by atoms with Gasteiger partial charge in [0.25, 0.3) is 5.88 Å². The summed E-state index contributed by atoms with van der Waals surface area (Å²) < 4.78 is 15.8. The Morgan fingerprint density at radius 3 is 3.12 bits per heavy atom. The molecule has 1 atom stereocenters. The predicted octanol–water partition coefficient (Wildman–Crippen LogP) is 1.31. The Bertz CT molecular complexity index is 703. The van der Waals surface area contributed by atoms with Gasteiger partial charge in [-0.2, -0.15) is 0 Å². The molecule has 3 heterocycles. The van der Waals surface area contributed by atoms with Crippen molar-refractivity contribution < 1.29 is 18.8 Å². The number of ether oxygens (including phenoxy) is 2. The van der Waals surface area contributed by atoms with Gasteiger partial charge in [0.05, 0.1) is 26.0 Å². The van der Waals surface area contributed by atoms with Crippen molar-refractivity contribution >= 4 is 5.91 Å². The summed E-state index contributed by atoms with van der Waals surface area (Å²) in [6.07, 6.45) is 2.34. The van der Waals surface area contributed by atoms with Crippen LogP contribution in [0.2, 0.25) is 0 Å². The first-order valence-corrected chi connectivity index (χ1v) is 7.84. The molecule has 0 N–H and O–H groups in total. The van der Waals surface area contributed by atoms with Gasteiger partial charge in [0, 0.05) is 31.6 Å². The smallest absolute Gasteiger partial charge is 0.254 e. The maximum absolute atomic E-state index is 12.4. The Hall–Kier alpha value is -2.48. The molecule has 1 unspecified atom stereocenters. The van der Waals surface area contributed by atoms with Crippen molar-refractivity contribution in [1.29, 1.82) is 0 Å². The van der Waals surface area contributed by atoms with Crippen molar-refractivity contribution in [2.45, 2.75) is 25.9 Å². The number of methoxy groups -OCH3 is 1. The molecular formula is C16H20N4O4. The molecule has 1 saturated heterocycles. The first-order valence-electron chi connectivity index (χ1n) is 7.84. The van der Waals surface area contributed by atoms with Gasteiger partial charge in [-0.1, -0.05) is 0 Å². The number of carbonyl (C=O) groups excluding carboxylic acids is 1. The van der Waals surface area contributed by atoms with Gasteiger partial charge >= 0.3 is 0 Å². The highest BCUT2D eigenvalue weighted by molar-refractivity contribution is 5.76. The Morgan fingerprint density at radius 2 is 2.38 bits per heavy atom. The molecule has 0 aromatic carbocycles. The van der Waals surface area contributed by atoms with Crippen molar-refractivity contribution in [3.05, 3.63) is 35.6 Å². The molecule has 0 spiro atoms. The normalized spacial score (nSPS) is 17.8. The topological polar surface area (TPSA) is 90.6 Å². The summed E-state index contributed by atoms with van der Waals surface area (Å²) in [5.41, 5.74) is 0.806. The highest BCUT2D eigenvalue weighted by atomic mass is 16.5. The number of nitrogens with zero attached hydrogens (tertiary/aromatic N) is 4. The lowest BCUT2D eigenvalue weighted by Crippen LogP contribution is -2.42. The van der Waals surface area contributed by atoms with Crippen LogP contribution in [0, 0.1) is 6.92 Å². The van der Waals surface area contributed by atoms with E-state index in [0.717, 1.165) is 5.69 Å². The van der Waals surface area contributed by atoms with E-state index in [9.17, 15) is 4.79 Å². The van der Waals surface area contributed by atoms with Gasteiger partial charge in [-0.3, -0.25) is 4.79 Å². The van der Waals surface area contributed by atoms with Crippen molar-refractivity contribution in [3.8, 4) is 5.88 Å². The number of aryl methyl sites for hydroxylation is 2. The Morgan fingerprint density at radius 1 is 1.50 bits per heavy atom. The first kappa shape index (κ1) is 16.4. The third-order valence-electron chi connectivity index (χ3n) is 3.88. The van der Waals surface area contributed by atoms with Crippen molar-refractivity contribution in [2.24, 2.45) is 0 Å². The van der Waals surface area contributed by atoms with Gasteiger partial charge in [-0.25, -0.2) is 9.97 Å². The predicted molar refractivity (Wildman–Crippen MR) is 83.4 cm³/mol. The third-order valence-corrected chi connectivity index (χ3v) is 3.88. The fraction of sp³-hybridized carbons (Fsp3) is 0.500. The summed E-state index contributed by atoms with van der Waals surface area (Å²) in [6.45, 7) is 3.41. The van der Waals surface area contributed by atoms with Crippen molar-refractivity contribution in [2.75, 3.05) is 26.8 Å². The van der Waals surface area contributed by atoms with Gasteiger partial charge in [0.1, 0.15) is 17.7 Å². The fourth-order valence-corrected chi connectivity index (χ4v) is 2.60. The number of hydrogen-bond acceptors (Lipinski definition) is 7. The lowest BCUT2D eigenvalue weighted by atomic mass is 10.1. The van der Waals surface area contributed by atoms with E-state index in [1.54, 1.807) is 17.2 Å². The number of morpholine rings is 1. The molecule has 8 heteroatoms. The Labute approximate surface area is 139 Å². The van der Waals surface area contributed by atoms with Crippen molar-refractivity contribution in [1.82, 2.24) is 20.0 Å². The van der Waals surface area contributed by atoms with Crippen LogP contribution in [0.15, 0.2) is 22.9 Å². The van der Waals surface area contributed by atoms with Crippen LogP contribution in [0.4, 0.5) is 0 Å². The minimum absolute atomic E-state index is 0.0597. The molecule has 1 amide bonds. The second kappa shape index (κ2) is 7.39. The minimum Gasteiger partial charge on any atom is -0.479 e. The summed E-state index contributed by atoms with van der Waals surface area (Å²) in [6, 6.07) is 3.52. The standard InChI is InChI=1S/C16H20N4O4/c1-11-17-6-5-13(18-11)14-10-20(7-8-23-14)16(21)4-3-12-9-15(22-2)19-24-12/h5-6,9,14H,3-4,7-8,10H2,1-2H3. The van der Waals surface area contributed by atoms with E-state index >= 15 is 0 Å². The van der Waals surface area contributed by atoms with E-state index in [4.69, 9.17) is 14.0 Å². The van der Waals surface area contributed by atoms with Crippen LogP contribution < -0.4 is 4.74 Å². The quantitative estimate of drug-likeness (QED) is 0.815. The summed E-state index contributed by atoms with van der Waals surface area (Å²) >= 11 is 0. The molecule has 2 aromatic rings. The van der Waals surface area contributed by atoms with Gasteiger partial charge in [-0.05, 0) is 18.1 Å². The SMILES string of the molecule is COc1cc(CCC(=O)N2CCOC(c3ccnc(C)n3)C2)on1. The molecule has 1 aliphatic rings. The van der Waals surface area contributed by atoms with E-state index < -0.39 is 0 Å². The molecule has 0 radical (unpaired) electrons. The van der Waals surface area contributed by atoms with Crippen LogP contribution in [0.25, 0.3) is 0 Å². The molecule has 1 aliphatic heterocycles. The highest BCUT2D eigenvalue weighted by Gasteiger charge is 2.26. The monoisotopic (exact) mass is 332 g/mol. The van der Waals surface area contributed by atoms with E-state index in [0.29, 0.717) is 50.0 Å². The number of hydrogen-bond donors (Lipinski definition) is 0. The second-order valence-corrected chi connectivity index (χ2v) is 5.56. The van der Waals surface area contributed by atoms with Gasteiger partial charge < -0.3 is 18.9 Å². The highest BCUT2D eigenvalue weighted by Crippen LogP contribution is 2.21. The Kier molecular flexibility index (Phi) is 5.05. The molecule has 8 nitrogen and oxygen atoms in total. The van der Waals surface area contributed by atoms with Crippen LogP contribution in [-0.4, -0.2) is 52.7 Å². The lowest BCUT2D eigenvalue weighted by molar-refractivity contribution is -0.139. The molecule has 0 aliphatic carbocycles. The fourth-order valence-electron chi connectivity index (χ4n) is 2.60. The molecule has 24 heavy (non-hydrogen) atoms. The summed E-state index contributed by atoms with van der Waals surface area (Å²) in [4.78, 5) is 22.7. The average molecular weight is 332 g/mol. The molecule has 0 bridgehead atoms. The van der Waals surface area contributed by atoms with E-state index in [1.807, 2.05) is 13.0 Å². The molecule has 2 aromatic heterocycles. The molecule has 0 saturated carbocycles. The van der Waals surface area contributed by atoms with Crippen LogP contribution in [0.3, 0.4) is 0 Å². The lowest BCUT2D eigenvalue weighted by Gasteiger charge is -2.32. The van der Waals surface area contributed by atoms with Gasteiger partial charge in [0.15, 0.2) is 0 Å². The molecule has 128 valence electrons. The summed E-state index contributed by atoms with van der Waals surface area (Å²) in [5, 5.41) is 3.73. The molecule has 3 rings (SSSR count). The van der Waals surface area contributed by atoms with Crippen LogP contribution in [-0.2, 0) is 16.0 Å². The number of carbonyl (C=O) groups is 1. The third kappa shape index (κ3) is 3.88. The second-order valence-electron chi connectivity index (χ2n) is 5.56. The zero-order chi connectivity index (χ0) is 16.9. The Balaban J connectivity index is 1.56. The van der Waals surface area contributed by atoms with Crippen molar-refractivity contribution in [3.63, 3.8) is 0 Å². The number of rotatable bonds is 5. The average Bonchev–Trinajstić information content (AvgIpc) is 3.08. The van der Waals surface area contributed by atoms with Gasteiger partial charge in [0.2, 0.25) is 5.91 Å². The summed E-state index contributed by atoms with van der Waals surface area (Å²) in [5.74, 6) is 1.81. The maximum Gasteiger partial charge on any atom is 0.254 e. The first-order chi connectivity index (χ1) is 11.7. The molecular weight excluding hydrogens is 312 g/mol. The largest absolute Gasteiger partial charge is 0.479 e. The van der Waals surface area contributed by atoms with E-state index in [2.05, 4.69) is 15.1 Å². The maximum atomic E-state index is 12.4. The van der Waals surface area contributed by atoms with E-state index in [1.165, 1.54) is 7.11 Å². The van der Waals surface area contributed by atoms with E-state index in [-0.39, 0.29) is 12.0 Å². The number of aromatic nitrogens is 3. The van der Waals surface area contributed by atoms with Gasteiger partial charge in [-0.15, -0.1) is 0 Å². The van der Waals surface area contributed by atoms with Crippen LogP contribution >= 0.6 is 0 Å². The van der Waals surface area contributed by atoms with Crippen LogP contribution in [0.1, 0.15) is 29.8 Å². The summed E-state index contributed by atoms with van der Waals surface area (Å²) in [7, 11) is 1.52. The number of amides is 1. The minimum atomic E-state index is -0.213. The zero-order valence-corrected chi connectivity index (χ0v) is 13.8. The molecule has 1 fully saturated rings.